The van der Waals surface area contributed by atoms with E-state index in [1.807, 2.05) is 4.68 Å². The lowest BCUT2D eigenvalue weighted by Crippen LogP contribution is -2.25. The molecule has 1 saturated carbocycles. The third-order valence-corrected chi connectivity index (χ3v) is 4.60. The monoisotopic (exact) mass is 263 g/mol. The van der Waals surface area contributed by atoms with E-state index in [4.69, 9.17) is 0 Å². The highest BCUT2D eigenvalue weighted by Crippen LogP contribution is 2.34. The Balaban J connectivity index is 2.15. The van der Waals surface area contributed by atoms with Gasteiger partial charge in [0.15, 0.2) is 0 Å². The van der Waals surface area contributed by atoms with E-state index in [2.05, 4.69) is 38.2 Å². The summed E-state index contributed by atoms with van der Waals surface area (Å²) in [4.78, 5) is 0. The van der Waals surface area contributed by atoms with Gasteiger partial charge in [0.2, 0.25) is 0 Å². The van der Waals surface area contributed by atoms with Crippen LogP contribution in [0.25, 0.3) is 0 Å². The summed E-state index contributed by atoms with van der Waals surface area (Å²) < 4.78 is 2.03. The highest BCUT2D eigenvalue weighted by Gasteiger charge is 2.25. The first-order valence-corrected chi connectivity index (χ1v) is 7.87. The Labute approximate surface area is 117 Å². The molecule has 3 heteroatoms. The van der Waals surface area contributed by atoms with Crippen molar-refractivity contribution in [3.05, 3.63) is 17.0 Å². The molecule has 108 valence electrons. The maximum Gasteiger partial charge on any atom is 0.0644 e. The summed E-state index contributed by atoms with van der Waals surface area (Å²) in [6.45, 7) is 7.69. The summed E-state index contributed by atoms with van der Waals surface area (Å²) >= 11 is 0. The van der Waals surface area contributed by atoms with Crippen LogP contribution in [0.15, 0.2) is 0 Å². The SMILES string of the molecule is CCCNC(CC1CCCC1)c1c(C)nn(C)c1C. The first-order valence-electron chi connectivity index (χ1n) is 7.87. The van der Waals surface area contributed by atoms with E-state index < -0.39 is 0 Å². The van der Waals surface area contributed by atoms with Crippen molar-refractivity contribution >= 4 is 0 Å². The molecule has 1 N–H and O–H groups in total. The lowest BCUT2D eigenvalue weighted by molar-refractivity contribution is 0.393. The van der Waals surface area contributed by atoms with Gasteiger partial charge < -0.3 is 5.32 Å². The van der Waals surface area contributed by atoms with Crippen LogP contribution in [0.2, 0.25) is 0 Å². The number of nitrogens with zero attached hydrogens (tertiary/aromatic N) is 2. The molecule has 1 atom stereocenters. The van der Waals surface area contributed by atoms with Gasteiger partial charge in [-0.3, -0.25) is 4.68 Å². The molecule has 19 heavy (non-hydrogen) atoms. The molecular weight excluding hydrogens is 234 g/mol. The second-order valence-electron chi connectivity index (χ2n) is 6.10. The van der Waals surface area contributed by atoms with Crippen LogP contribution < -0.4 is 5.32 Å². The van der Waals surface area contributed by atoms with Crippen LogP contribution >= 0.6 is 0 Å². The first-order chi connectivity index (χ1) is 9.13. The van der Waals surface area contributed by atoms with Crippen LogP contribution in [-0.4, -0.2) is 16.3 Å². The molecule has 1 aromatic rings. The van der Waals surface area contributed by atoms with Gasteiger partial charge >= 0.3 is 0 Å². The Bertz CT molecular complexity index is 402. The summed E-state index contributed by atoms with van der Waals surface area (Å²) in [5, 5.41) is 8.35. The van der Waals surface area contributed by atoms with Crippen molar-refractivity contribution in [2.45, 2.75) is 65.3 Å². The fourth-order valence-electron chi connectivity index (χ4n) is 3.50. The molecule has 0 aromatic carbocycles. The summed E-state index contributed by atoms with van der Waals surface area (Å²) in [6, 6.07) is 0.497. The third kappa shape index (κ3) is 3.38. The molecular formula is C16H29N3. The maximum atomic E-state index is 4.59. The van der Waals surface area contributed by atoms with Gasteiger partial charge in [-0.1, -0.05) is 32.6 Å². The Morgan fingerprint density at radius 1 is 1.32 bits per heavy atom. The summed E-state index contributed by atoms with van der Waals surface area (Å²) in [5.74, 6) is 0.911. The van der Waals surface area contributed by atoms with E-state index in [9.17, 15) is 0 Å². The second-order valence-corrected chi connectivity index (χ2v) is 6.10. The minimum Gasteiger partial charge on any atom is -0.310 e. The lowest BCUT2D eigenvalue weighted by Gasteiger charge is -2.22. The van der Waals surface area contributed by atoms with Gasteiger partial charge in [0.05, 0.1) is 5.69 Å². The van der Waals surface area contributed by atoms with Crippen molar-refractivity contribution < 1.29 is 0 Å². The Hall–Kier alpha value is -0.830. The van der Waals surface area contributed by atoms with E-state index in [0.29, 0.717) is 6.04 Å². The highest BCUT2D eigenvalue weighted by molar-refractivity contribution is 5.28. The molecule has 1 aromatic heterocycles. The standard InChI is InChI=1S/C16H29N3/c1-5-10-17-15(11-14-8-6-7-9-14)16-12(2)18-19(4)13(16)3/h14-15,17H,5-11H2,1-4H3. The number of nitrogens with one attached hydrogen (secondary N) is 1. The maximum absolute atomic E-state index is 4.59. The zero-order valence-electron chi connectivity index (χ0n) is 13.0. The summed E-state index contributed by atoms with van der Waals surface area (Å²) in [5.41, 5.74) is 3.97. The molecule has 1 aliphatic rings. The molecule has 0 bridgehead atoms. The predicted molar refractivity (Wildman–Crippen MR) is 80.3 cm³/mol. The smallest absolute Gasteiger partial charge is 0.0644 e. The van der Waals surface area contributed by atoms with E-state index in [-0.39, 0.29) is 0 Å². The quantitative estimate of drug-likeness (QED) is 0.849. The van der Waals surface area contributed by atoms with Gasteiger partial charge in [0, 0.05) is 24.3 Å². The fraction of sp³-hybridized carbons (Fsp3) is 0.812. The van der Waals surface area contributed by atoms with Crippen molar-refractivity contribution in [3.8, 4) is 0 Å². The van der Waals surface area contributed by atoms with Crippen LogP contribution in [-0.2, 0) is 7.05 Å². The number of hydrogen-bond acceptors (Lipinski definition) is 2. The van der Waals surface area contributed by atoms with Crippen molar-refractivity contribution in [2.75, 3.05) is 6.54 Å². The molecule has 0 aliphatic heterocycles. The summed E-state index contributed by atoms with van der Waals surface area (Å²) in [7, 11) is 2.05. The van der Waals surface area contributed by atoms with E-state index in [0.717, 1.165) is 12.5 Å². The van der Waals surface area contributed by atoms with Crippen LogP contribution in [0.5, 0.6) is 0 Å². The third-order valence-electron chi connectivity index (χ3n) is 4.60. The fourth-order valence-corrected chi connectivity index (χ4v) is 3.50. The normalized spacial score (nSPS) is 18.1. The van der Waals surface area contributed by atoms with Gasteiger partial charge in [-0.05, 0) is 39.2 Å². The van der Waals surface area contributed by atoms with Gasteiger partial charge in [0.25, 0.3) is 0 Å². The molecule has 1 fully saturated rings. The Morgan fingerprint density at radius 3 is 2.53 bits per heavy atom. The average Bonchev–Trinajstić information content (AvgIpc) is 2.95. The minimum atomic E-state index is 0.497. The molecule has 0 amide bonds. The van der Waals surface area contributed by atoms with Gasteiger partial charge in [0.1, 0.15) is 0 Å². The van der Waals surface area contributed by atoms with E-state index in [1.165, 1.54) is 55.5 Å². The zero-order valence-corrected chi connectivity index (χ0v) is 13.0. The number of rotatable bonds is 6. The number of aryl methyl sites for hydroxylation is 2. The van der Waals surface area contributed by atoms with Gasteiger partial charge in [-0.15, -0.1) is 0 Å². The molecule has 1 aliphatic carbocycles. The Morgan fingerprint density at radius 2 is 2.00 bits per heavy atom. The highest BCUT2D eigenvalue weighted by atomic mass is 15.3. The average molecular weight is 263 g/mol. The Kier molecular flexibility index (Phi) is 5.03. The van der Waals surface area contributed by atoms with Crippen molar-refractivity contribution in [1.82, 2.24) is 15.1 Å². The van der Waals surface area contributed by atoms with Gasteiger partial charge in [-0.2, -0.15) is 5.10 Å². The number of aromatic nitrogens is 2. The molecule has 0 spiro atoms. The van der Waals surface area contributed by atoms with Crippen molar-refractivity contribution in [1.29, 1.82) is 0 Å². The largest absolute Gasteiger partial charge is 0.310 e. The minimum absolute atomic E-state index is 0.497. The number of hydrogen-bond donors (Lipinski definition) is 1. The topological polar surface area (TPSA) is 29.9 Å². The molecule has 1 heterocycles. The van der Waals surface area contributed by atoms with Crippen LogP contribution in [0.4, 0.5) is 0 Å². The first kappa shape index (κ1) is 14.6. The van der Waals surface area contributed by atoms with Crippen molar-refractivity contribution in [2.24, 2.45) is 13.0 Å². The molecule has 3 nitrogen and oxygen atoms in total. The molecule has 0 radical (unpaired) electrons. The molecule has 0 saturated heterocycles. The van der Waals surface area contributed by atoms with E-state index in [1.54, 1.807) is 0 Å². The second kappa shape index (κ2) is 6.56. The van der Waals surface area contributed by atoms with Crippen molar-refractivity contribution in [3.63, 3.8) is 0 Å². The summed E-state index contributed by atoms with van der Waals surface area (Å²) in [6.07, 6.45) is 8.17. The van der Waals surface area contributed by atoms with Crippen LogP contribution in [0.1, 0.15) is 68.4 Å². The van der Waals surface area contributed by atoms with Crippen LogP contribution in [0.3, 0.4) is 0 Å². The van der Waals surface area contributed by atoms with Gasteiger partial charge in [-0.25, -0.2) is 0 Å². The molecule has 1 unspecified atom stereocenters. The van der Waals surface area contributed by atoms with E-state index >= 15 is 0 Å². The zero-order chi connectivity index (χ0) is 13.8. The predicted octanol–water partition coefficient (Wildman–Crippen LogP) is 3.66. The lowest BCUT2D eigenvalue weighted by atomic mass is 9.92. The molecule has 2 rings (SSSR count). The van der Waals surface area contributed by atoms with Crippen LogP contribution in [0, 0.1) is 19.8 Å².